The van der Waals surface area contributed by atoms with E-state index in [0.717, 1.165) is 15.3 Å². The molecule has 194 valence electrons. The zero-order chi connectivity index (χ0) is 26.2. The summed E-state index contributed by atoms with van der Waals surface area (Å²) in [5, 5.41) is 17.6. The van der Waals surface area contributed by atoms with Crippen LogP contribution >= 0.6 is 22.7 Å². The minimum atomic E-state index is -0.844. The Balaban J connectivity index is 1.37. The first-order valence-electron chi connectivity index (χ1n) is 12.0. The number of nitro groups is 1. The fourth-order valence-electron chi connectivity index (χ4n) is 4.28. The Morgan fingerprint density at radius 2 is 1.62 bits per heavy atom. The molecule has 1 atom stereocenters. The van der Waals surface area contributed by atoms with Crippen LogP contribution in [0.3, 0.4) is 0 Å². The van der Waals surface area contributed by atoms with Gasteiger partial charge in [0.2, 0.25) is 17.7 Å². The van der Waals surface area contributed by atoms with Crippen molar-refractivity contribution in [2.45, 2.75) is 31.7 Å². The lowest BCUT2D eigenvalue weighted by molar-refractivity contribution is -0.384. The maximum Gasteiger partial charge on any atom is 0.269 e. The number of piperazine rings is 1. The highest BCUT2D eigenvalue weighted by Gasteiger charge is 2.40. The lowest BCUT2D eigenvalue weighted by atomic mass is 10.0. The van der Waals surface area contributed by atoms with E-state index in [2.05, 4.69) is 5.32 Å². The number of nitrogens with one attached hydrogen (secondary N) is 1. The number of rotatable bonds is 12. The molecule has 0 radical (unpaired) electrons. The third-order valence-electron chi connectivity index (χ3n) is 6.27. The molecule has 1 saturated heterocycles. The standard InChI is InChI=1S/C26H28N4O5S2/c31-24(27-12-9-19-5-7-20(8-6-19)30(34)35)17-23-26(33)28(13-10-21-3-1-15-36-21)18-25(32)29(23)14-11-22-4-2-16-37-22/h1-8,15-16,23H,9-14,17-18H2,(H,27,31). The first-order valence-corrected chi connectivity index (χ1v) is 13.8. The van der Waals surface area contributed by atoms with Crippen molar-refractivity contribution < 1.29 is 19.3 Å². The van der Waals surface area contributed by atoms with Gasteiger partial charge >= 0.3 is 0 Å². The third kappa shape index (κ3) is 7.23. The molecule has 1 aromatic carbocycles. The van der Waals surface area contributed by atoms with Gasteiger partial charge < -0.3 is 15.1 Å². The molecule has 2 aromatic heterocycles. The number of carbonyl (C=O) groups excluding carboxylic acids is 3. The highest BCUT2D eigenvalue weighted by Crippen LogP contribution is 2.20. The molecule has 1 fully saturated rings. The highest BCUT2D eigenvalue weighted by molar-refractivity contribution is 7.10. The van der Waals surface area contributed by atoms with Crippen LogP contribution in [0.5, 0.6) is 0 Å². The molecular weight excluding hydrogens is 512 g/mol. The molecule has 4 rings (SSSR count). The van der Waals surface area contributed by atoms with Gasteiger partial charge in [0.25, 0.3) is 5.69 Å². The second-order valence-corrected chi connectivity index (χ2v) is 10.8. The third-order valence-corrected chi connectivity index (χ3v) is 8.14. The average molecular weight is 541 g/mol. The van der Waals surface area contributed by atoms with Gasteiger partial charge in [0.05, 0.1) is 17.9 Å². The second-order valence-electron chi connectivity index (χ2n) is 8.75. The van der Waals surface area contributed by atoms with Crippen LogP contribution in [0.4, 0.5) is 5.69 Å². The van der Waals surface area contributed by atoms with Gasteiger partial charge in [-0.3, -0.25) is 24.5 Å². The fraction of sp³-hybridized carbons (Fsp3) is 0.346. The summed E-state index contributed by atoms with van der Waals surface area (Å²) in [4.78, 5) is 55.1. The Hall–Kier alpha value is -3.57. The minimum Gasteiger partial charge on any atom is -0.356 e. The van der Waals surface area contributed by atoms with Crippen molar-refractivity contribution in [3.63, 3.8) is 0 Å². The van der Waals surface area contributed by atoms with E-state index in [0.29, 0.717) is 38.9 Å². The summed E-state index contributed by atoms with van der Waals surface area (Å²) in [6, 6.07) is 13.2. The summed E-state index contributed by atoms with van der Waals surface area (Å²) < 4.78 is 0. The van der Waals surface area contributed by atoms with Gasteiger partial charge in [-0.05, 0) is 47.7 Å². The Morgan fingerprint density at radius 1 is 0.973 bits per heavy atom. The number of thiophene rings is 2. The van der Waals surface area contributed by atoms with Gasteiger partial charge in [0.1, 0.15) is 6.04 Å². The number of carbonyl (C=O) groups is 3. The van der Waals surface area contributed by atoms with Crippen LogP contribution in [0.15, 0.2) is 59.3 Å². The van der Waals surface area contributed by atoms with E-state index in [1.807, 2.05) is 35.0 Å². The molecule has 3 heterocycles. The van der Waals surface area contributed by atoms with Crippen molar-refractivity contribution in [3.8, 4) is 0 Å². The Morgan fingerprint density at radius 3 is 2.22 bits per heavy atom. The average Bonchev–Trinajstić information content (AvgIpc) is 3.60. The maximum atomic E-state index is 13.4. The smallest absolute Gasteiger partial charge is 0.269 e. The second kappa shape index (κ2) is 12.6. The number of nitrogens with zero attached hydrogens (tertiary/aromatic N) is 3. The van der Waals surface area contributed by atoms with E-state index < -0.39 is 11.0 Å². The van der Waals surface area contributed by atoms with Crippen molar-refractivity contribution in [2.24, 2.45) is 0 Å². The van der Waals surface area contributed by atoms with Crippen molar-refractivity contribution in [1.82, 2.24) is 15.1 Å². The summed E-state index contributed by atoms with van der Waals surface area (Å²) >= 11 is 3.21. The lowest BCUT2D eigenvalue weighted by Crippen LogP contribution is -2.61. The van der Waals surface area contributed by atoms with E-state index in [4.69, 9.17) is 0 Å². The van der Waals surface area contributed by atoms with E-state index >= 15 is 0 Å². The summed E-state index contributed by atoms with van der Waals surface area (Å²) in [5.74, 6) is -0.659. The zero-order valence-electron chi connectivity index (χ0n) is 20.2. The molecule has 9 nitrogen and oxygen atoms in total. The van der Waals surface area contributed by atoms with Crippen molar-refractivity contribution >= 4 is 46.1 Å². The quantitative estimate of drug-likeness (QED) is 0.280. The van der Waals surface area contributed by atoms with Gasteiger partial charge in [0, 0.05) is 41.5 Å². The van der Waals surface area contributed by atoms with E-state index in [9.17, 15) is 24.5 Å². The minimum absolute atomic E-state index is 0.0135. The molecule has 3 amide bonds. The summed E-state index contributed by atoms with van der Waals surface area (Å²) in [7, 11) is 0. The van der Waals surface area contributed by atoms with Crippen LogP contribution in [-0.4, -0.2) is 64.7 Å². The fourth-order valence-corrected chi connectivity index (χ4v) is 5.68. The van der Waals surface area contributed by atoms with Gasteiger partial charge in [-0.25, -0.2) is 0 Å². The number of nitro benzene ring substituents is 1. The number of non-ortho nitro benzene ring substituents is 1. The van der Waals surface area contributed by atoms with E-state index in [1.165, 1.54) is 12.1 Å². The van der Waals surface area contributed by atoms with Crippen LogP contribution in [0.2, 0.25) is 0 Å². The van der Waals surface area contributed by atoms with Crippen molar-refractivity contribution in [3.05, 3.63) is 84.7 Å². The molecule has 1 N–H and O–H groups in total. The van der Waals surface area contributed by atoms with Crippen LogP contribution < -0.4 is 5.32 Å². The normalized spacial score (nSPS) is 15.7. The molecule has 1 aliphatic rings. The van der Waals surface area contributed by atoms with Gasteiger partial charge in [-0.2, -0.15) is 0 Å². The van der Waals surface area contributed by atoms with Crippen molar-refractivity contribution in [2.75, 3.05) is 26.2 Å². The number of hydrogen-bond donors (Lipinski definition) is 1. The monoisotopic (exact) mass is 540 g/mol. The Kier molecular flexibility index (Phi) is 9.02. The Labute approximate surface area is 222 Å². The van der Waals surface area contributed by atoms with Gasteiger partial charge in [-0.1, -0.05) is 24.3 Å². The molecule has 3 aromatic rings. The predicted molar refractivity (Wildman–Crippen MR) is 143 cm³/mol. The predicted octanol–water partition coefficient (Wildman–Crippen LogP) is 3.29. The molecule has 1 unspecified atom stereocenters. The lowest BCUT2D eigenvalue weighted by Gasteiger charge is -2.40. The SMILES string of the molecule is O=C(CC1C(=O)N(CCc2cccs2)CC(=O)N1CCc1cccs1)NCCc1ccc([N+](=O)[O-])cc1. The summed E-state index contributed by atoms with van der Waals surface area (Å²) in [6.45, 7) is 1.16. The largest absolute Gasteiger partial charge is 0.356 e. The molecule has 0 aliphatic carbocycles. The molecule has 11 heteroatoms. The molecule has 0 bridgehead atoms. The van der Waals surface area contributed by atoms with Gasteiger partial charge in [0.15, 0.2) is 0 Å². The summed E-state index contributed by atoms with van der Waals surface area (Å²) in [6.07, 6.45) is 1.69. The van der Waals surface area contributed by atoms with Gasteiger partial charge in [-0.15, -0.1) is 22.7 Å². The van der Waals surface area contributed by atoms with Crippen LogP contribution in [0, 0.1) is 10.1 Å². The van der Waals surface area contributed by atoms with Crippen LogP contribution in [0.1, 0.15) is 21.7 Å². The highest BCUT2D eigenvalue weighted by atomic mass is 32.1. The number of amides is 3. The summed E-state index contributed by atoms with van der Waals surface area (Å²) in [5.41, 5.74) is 0.867. The molecule has 0 saturated carbocycles. The topological polar surface area (TPSA) is 113 Å². The first-order chi connectivity index (χ1) is 17.9. The number of hydrogen-bond acceptors (Lipinski definition) is 7. The molecule has 1 aliphatic heterocycles. The number of benzene rings is 1. The molecular formula is C26H28N4O5S2. The van der Waals surface area contributed by atoms with Crippen LogP contribution in [-0.2, 0) is 33.6 Å². The maximum absolute atomic E-state index is 13.4. The zero-order valence-corrected chi connectivity index (χ0v) is 21.8. The van der Waals surface area contributed by atoms with Crippen LogP contribution in [0.25, 0.3) is 0 Å². The molecule has 0 spiro atoms. The first kappa shape index (κ1) is 26.5. The van der Waals surface area contributed by atoms with Crippen molar-refractivity contribution in [1.29, 1.82) is 0 Å². The van der Waals surface area contributed by atoms with E-state index in [-0.39, 0.29) is 36.4 Å². The Bertz CT molecular complexity index is 1210. The van der Waals surface area contributed by atoms with E-state index in [1.54, 1.807) is 44.6 Å². The molecule has 37 heavy (non-hydrogen) atoms.